The lowest BCUT2D eigenvalue weighted by Crippen LogP contribution is -1.97. The summed E-state index contributed by atoms with van der Waals surface area (Å²) in [6, 6.07) is 33.7. The van der Waals surface area contributed by atoms with Gasteiger partial charge in [-0.05, 0) is 58.5 Å². The largest absolute Gasteiger partial charge is 0.456 e. The van der Waals surface area contributed by atoms with Gasteiger partial charge in [-0.3, -0.25) is 0 Å². The smallest absolute Gasteiger partial charge is 0.135 e. The van der Waals surface area contributed by atoms with Gasteiger partial charge in [0.2, 0.25) is 0 Å². The van der Waals surface area contributed by atoms with Gasteiger partial charge in [0, 0.05) is 21.7 Å². The van der Waals surface area contributed by atoms with Crippen LogP contribution >= 0.6 is 0 Å². The van der Waals surface area contributed by atoms with Crippen molar-refractivity contribution < 1.29 is 9.15 Å². The summed E-state index contributed by atoms with van der Waals surface area (Å²) in [7, 11) is 0. The van der Waals surface area contributed by atoms with E-state index in [0.717, 1.165) is 39.0 Å². The Hall–Kier alpha value is -4.04. The molecule has 30 heavy (non-hydrogen) atoms. The summed E-state index contributed by atoms with van der Waals surface area (Å²) in [4.78, 5) is 0. The average molecular weight is 384 g/mol. The van der Waals surface area contributed by atoms with E-state index < -0.39 is 0 Å². The first-order chi connectivity index (χ1) is 14.8. The Bertz CT molecular complexity index is 1620. The predicted octanol–water partition coefficient (Wildman–Crippen LogP) is 8.18. The zero-order chi connectivity index (χ0) is 19.7. The Kier molecular flexibility index (Phi) is 3.03. The molecule has 1 aliphatic heterocycles. The van der Waals surface area contributed by atoms with E-state index >= 15 is 0 Å². The van der Waals surface area contributed by atoms with E-state index in [4.69, 9.17) is 9.15 Å². The maximum absolute atomic E-state index is 6.24. The standard InChI is InChI=1S/C28H16O2/c1-2-9-24-20(7-1)22-15-18(11-13-25(22)29-24)19-12-14-26-23(16-19)21-8-3-5-17-6-4-10-27(30-26)28(17)21/h1-16H. The van der Waals surface area contributed by atoms with Crippen molar-refractivity contribution >= 4 is 32.7 Å². The average Bonchev–Trinajstić information content (AvgIpc) is 3.17. The van der Waals surface area contributed by atoms with E-state index in [9.17, 15) is 0 Å². The first-order valence-electron chi connectivity index (χ1n) is 10.1. The second-order valence-electron chi connectivity index (χ2n) is 7.78. The van der Waals surface area contributed by atoms with Crippen LogP contribution in [0.2, 0.25) is 0 Å². The second-order valence-corrected chi connectivity index (χ2v) is 7.78. The summed E-state index contributed by atoms with van der Waals surface area (Å²) >= 11 is 0. The number of furan rings is 1. The van der Waals surface area contributed by atoms with Crippen LogP contribution in [0.1, 0.15) is 0 Å². The summed E-state index contributed by atoms with van der Waals surface area (Å²) in [6.07, 6.45) is 0. The van der Waals surface area contributed by atoms with Crippen LogP contribution < -0.4 is 4.74 Å². The molecule has 2 heteroatoms. The molecule has 1 aromatic heterocycles. The lowest BCUT2D eigenvalue weighted by molar-refractivity contribution is 0.487. The maximum Gasteiger partial charge on any atom is 0.135 e. The molecule has 0 fully saturated rings. The Morgan fingerprint density at radius 1 is 0.500 bits per heavy atom. The Balaban J connectivity index is 1.45. The van der Waals surface area contributed by atoms with Gasteiger partial charge >= 0.3 is 0 Å². The van der Waals surface area contributed by atoms with Gasteiger partial charge in [0.25, 0.3) is 0 Å². The van der Waals surface area contributed by atoms with Gasteiger partial charge in [-0.25, -0.2) is 0 Å². The SMILES string of the molecule is c1cc2c3c(cccc3c1)-c1cc(-c3ccc4oc5ccccc5c4c3)ccc1O2. The number of rotatable bonds is 1. The molecule has 2 heterocycles. The second kappa shape index (κ2) is 5.74. The van der Waals surface area contributed by atoms with Gasteiger partial charge in [0.1, 0.15) is 22.7 Å². The van der Waals surface area contributed by atoms with Crippen molar-refractivity contribution in [3.05, 3.63) is 97.1 Å². The molecule has 0 spiro atoms. The van der Waals surface area contributed by atoms with Gasteiger partial charge in [0.05, 0.1) is 0 Å². The third-order valence-corrected chi connectivity index (χ3v) is 6.07. The highest BCUT2D eigenvalue weighted by Crippen LogP contribution is 2.47. The zero-order valence-corrected chi connectivity index (χ0v) is 16.1. The molecule has 6 aromatic rings. The molecule has 0 aliphatic carbocycles. The number of hydrogen-bond donors (Lipinski definition) is 0. The minimum Gasteiger partial charge on any atom is -0.456 e. The van der Waals surface area contributed by atoms with Crippen molar-refractivity contribution in [3.63, 3.8) is 0 Å². The molecule has 0 amide bonds. The molecule has 0 saturated carbocycles. The van der Waals surface area contributed by atoms with Crippen molar-refractivity contribution in [1.29, 1.82) is 0 Å². The minimum atomic E-state index is 0.903. The van der Waals surface area contributed by atoms with Crippen LogP contribution in [0.15, 0.2) is 101 Å². The fourth-order valence-electron chi connectivity index (χ4n) is 4.65. The number of para-hydroxylation sites is 1. The molecule has 7 rings (SSSR count). The van der Waals surface area contributed by atoms with E-state index in [0.29, 0.717) is 0 Å². The molecule has 0 radical (unpaired) electrons. The van der Waals surface area contributed by atoms with Gasteiger partial charge in [-0.2, -0.15) is 0 Å². The Morgan fingerprint density at radius 3 is 2.27 bits per heavy atom. The summed E-state index contributed by atoms with van der Waals surface area (Å²) in [5.74, 6) is 1.83. The predicted molar refractivity (Wildman–Crippen MR) is 122 cm³/mol. The van der Waals surface area contributed by atoms with Crippen LogP contribution in [0, 0.1) is 0 Å². The van der Waals surface area contributed by atoms with E-state index in [1.54, 1.807) is 0 Å². The molecular weight excluding hydrogens is 368 g/mol. The quantitative estimate of drug-likeness (QED) is 0.285. The minimum absolute atomic E-state index is 0.903. The van der Waals surface area contributed by atoms with Gasteiger partial charge in [0.15, 0.2) is 0 Å². The molecule has 5 aromatic carbocycles. The van der Waals surface area contributed by atoms with Crippen LogP contribution in [0.5, 0.6) is 11.5 Å². The van der Waals surface area contributed by atoms with Crippen molar-refractivity contribution in [1.82, 2.24) is 0 Å². The maximum atomic E-state index is 6.24. The van der Waals surface area contributed by atoms with Crippen LogP contribution in [0.3, 0.4) is 0 Å². The van der Waals surface area contributed by atoms with E-state index in [-0.39, 0.29) is 0 Å². The van der Waals surface area contributed by atoms with Crippen molar-refractivity contribution in [2.45, 2.75) is 0 Å². The fourth-order valence-corrected chi connectivity index (χ4v) is 4.65. The summed E-state index contributed by atoms with van der Waals surface area (Å²) < 4.78 is 12.2. The van der Waals surface area contributed by atoms with Crippen LogP contribution in [-0.2, 0) is 0 Å². The molecule has 0 atom stereocenters. The first-order valence-corrected chi connectivity index (χ1v) is 10.1. The highest BCUT2D eigenvalue weighted by atomic mass is 16.5. The lowest BCUT2D eigenvalue weighted by atomic mass is 9.92. The van der Waals surface area contributed by atoms with Crippen molar-refractivity contribution in [2.75, 3.05) is 0 Å². The van der Waals surface area contributed by atoms with E-state index in [2.05, 4.69) is 72.8 Å². The molecular formula is C28H16O2. The monoisotopic (exact) mass is 384 g/mol. The van der Waals surface area contributed by atoms with E-state index in [1.807, 2.05) is 24.3 Å². The van der Waals surface area contributed by atoms with Gasteiger partial charge in [-0.1, -0.05) is 60.7 Å². The third kappa shape index (κ3) is 2.13. The Morgan fingerprint density at radius 2 is 1.30 bits per heavy atom. The molecule has 1 aliphatic rings. The number of ether oxygens (including phenoxy) is 1. The molecule has 0 saturated heterocycles. The summed E-state index contributed by atoms with van der Waals surface area (Å²) in [6.45, 7) is 0. The van der Waals surface area contributed by atoms with E-state index in [1.165, 1.54) is 27.5 Å². The zero-order valence-electron chi connectivity index (χ0n) is 16.1. The molecule has 140 valence electrons. The number of benzene rings is 5. The number of fused-ring (bicyclic) bond motifs is 5. The summed E-state index contributed by atoms with van der Waals surface area (Å²) in [5.41, 5.74) is 6.53. The van der Waals surface area contributed by atoms with Gasteiger partial charge in [-0.15, -0.1) is 0 Å². The highest BCUT2D eigenvalue weighted by molar-refractivity contribution is 6.07. The summed E-state index contributed by atoms with van der Waals surface area (Å²) in [5, 5.41) is 4.67. The van der Waals surface area contributed by atoms with Crippen molar-refractivity contribution in [3.8, 4) is 33.8 Å². The molecule has 0 bridgehead atoms. The first kappa shape index (κ1) is 15.8. The highest BCUT2D eigenvalue weighted by Gasteiger charge is 2.20. The lowest BCUT2D eigenvalue weighted by Gasteiger charge is -2.22. The number of hydrogen-bond acceptors (Lipinski definition) is 2. The van der Waals surface area contributed by atoms with Crippen LogP contribution in [0.4, 0.5) is 0 Å². The fraction of sp³-hybridized carbons (Fsp3) is 0. The Labute approximate surface area is 172 Å². The normalized spacial score (nSPS) is 12.3. The molecule has 0 N–H and O–H groups in total. The third-order valence-electron chi connectivity index (χ3n) is 6.07. The van der Waals surface area contributed by atoms with Gasteiger partial charge < -0.3 is 9.15 Å². The molecule has 2 nitrogen and oxygen atoms in total. The van der Waals surface area contributed by atoms with Crippen LogP contribution in [-0.4, -0.2) is 0 Å². The van der Waals surface area contributed by atoms with Crippen LogP contribution in [0.25, 0.3) is 55.0 Å². The van der Waals surface area contributed by atoms with Crippen molar-refractivity contribution in [2.24, 2.45) is 0 Å². The topological polar surface area (TPSA) is 22.4 Å². The molecule has 0 unspecified atom stereocenters.